The van der Waals surface area contributed by atoms with Gasteiger partial charge in [0, 0.05) is 6.07 Å². The predicted molar refractivity (Wildman–Crippen MR) is 80.0 cm³/mol. The van der Waals surface area contributed by atoms with Crippen LogP contribution in [0.5, 0.6) is 0 Å². The molecule has 0 saturated heterocycles. The first kappa shape index (κ1) is 17.2. The number of nitrogens with zero attached hydrogens (tertiary/aromatic N) is 2. The lowest BCUT2D eigenvalue weighted by atomic mass is 10.1. The number of alkyl halides is 3. The van der Waals surface area contributed by atoms with E-state index < -0.39 is 30.1 Å². The second-order valence-electron chi connectivity index (χ2n) is 4.95. The molecule has 0 unspecified atom stereocenters. The summed E-state index contributed by atoms with van der Waals surface area (Å²) in [7, 11) is 0. The smallest absolute Gasteiger partial charge is 0.347 e. The molecule has 0 bridgehead atoms. The van der Waals surface area contributed by atoms with Crippen molar-refractivity contribution in [2.75, 3.05) is 6.54 Å². The van der Waals surface area contributed by atoms with Crippen LogP contribution in [0.3, 0.4) is 0 Å². The Bertz CT molecular complexity index is 726. The van der Waals surface area contributed by atoms with Gasteiger partial charge in [-0.15, -0.1) is 11.3 Å². The van der Waals surface area contributed by atoms with Gasteiger partial charge in [-0.2, -0.15) is 18.3 Å². The fraction of sp³-hybridized carbons (Fsp3) is 0.357. The summed E-state index contributed by atoms with van der Waals surface area (Å²) in [5, 5.41) is 7.82. The van der Waals surface area contributed by atoms with Gasteiger partial charge in [-0.1, -0.05) is 13.0 Å². The first-order valence-electron chi connectivity index (χ1n) is 6.73. The van der Waals surface area contributed by atoms with Crippen molar-refractivity contribution in [1.29, 1.82) is 0 Å². The average molecular weight is 345 g/mol. The molecule has 1 amide bonds. The molecule has 1 N–H and O–H groups in total. The van der Waals surface area contributed by atoms with Gasteiger partial charge in [-0.05, 0) is 17.5 Å². The van der Waals surface area contributed by atoms with Crippen LogP contribution in [0.2, 0.25) is 0 Å². The number of hydrogen-bond donors (Lipinski definition) is 1. The summed E-state index contributed by atoms with van der Waals surface area (Å²) >= 11 is 1.44. The third-order valence-corrected chi connectivity index (χ3v) is 3.89. The molecule has 2 aromatic heterocycles. The van der Waals surface area contributed by atoms with Crippen molar-refractivity contribution in [2.24, 2.45) is 5.92 Å². The monoisotopic (exact) mass is 345 g/mol. The topological polar surface area (TPSA) is 64.0 Å². The zero-order chi connectivity index (χ0) is 17.0. The maximum atomic E-state index is 12.1. The van der Waals surface area contributed by atoms with E-state index in [2.05, 4.69) is 5.10 Å². The first-order valence-corrected chi connectivity index (χ1v) is 7.61. The number of nitrogens with one attached hydrogen (secondary N) is 1. The van der Waals surface area contributed by atoms with Crippen LogP contribution >= 0.6 is 11.3 Å². The van der Waals surface area contributed by atoms with Crippen molar-refractivity contribution in [3.05, 3.63) is 40.0 Å². The molecule has 0 aliphatic heterocycles. The van der Waals surface area contributed by atoms with Crippen LogP contribution in [-0.2, 0) is 11.3 Å². The fourth-order valence-electron chi connectivity index (χ4n) is 1.84. The van der Waals surface area contributed by atoms with Gasteiger partial charge in [0.1, 0.15) is 12.2 Å². The van der Waals surface area contributed by atoms with Gasteiger partial charge in [-0.25, -0.2) is 4.68 Å². The van der Waals surface area contributed by atoms with Gasteiger partial charge in [-0.3, -0.25) is 9.59 Å². The number of rotatable bonds is 5. The lowest BCUT2D eigenvalue weighted by Gasteiger charge is -2.14. The largest absolute Gasteiger partial charge is 0.405 e. The van der Waals surface area contributed by atoms with Gasteiger partial charge < -0.3 is 5.32 Å². The molecule has 23 heavy (non-hydrogen) atoms. The minimum absolute atomic E-state index is 0.0955. The van der Waals surface area contributed by atoms with E-state index in [0.29, 0.717) is 5.69 Å². The SMILES string of the molecule is C[C@H](Cn1nc(-c2cccs2)ccc1=O)C(=O)NCC(F)(F)F. The Kier molecular flexibility index (Phi) is 5.19. The van der Waals surface area contributed by atoms with E-state index in [-0.39, 0.29) is 6.54 Å². The summed E-state index contributed by atoms with van der Waals surface area (Å²) in [6.07, 6.45) is -4.47. The zero-order valence-electron chi connectivity index (χ0n) is 12.1. The molecule has 0 spiro atoms. The lowest BCUT2D eigenvalue weighted by Crippen LogP contribution is -2.39. The molecule has 1 atom stereocenters. The summed E-state index contributed by atoms with van der Waals surface area (Å²) in [5.41, 5.74) is 0.156. The Labute approximate surface area is 133 Å². The quantitative estimate of drug-likeness (QED) is 0.904. The van der Waals surface area contributed by atoms with E-state index in [1.165, 1.54) is 24.3 Å². The van der Waals surface area contributed by atoms with Crippen molar-refractivity contribution >= 4 is 17.2 Å². The standard InChI is InChI=1S/C14H14F3N3O2S/c1-9(13(22)18-8-14(15,16)17)7-20-12(21)5-4-10(19-20)11-3-2-6-23-11/h2-6,9H,7-8H2,1H3,(H,18,22)/t9-/m1/s1. The van der Waals surface area contributed by atoms with E-state index in [9.17, 15) is 22.8 Å². The van der Waals surface area contributed by atoms with Gasteiger partial charge in [0.25, 0.3) is 5.56 Å². The molecule has 0 saturated carbocycles. The molecular weight excluding hydrogens is 331 g/mol. The van der Waals surface area contributed by atoms with Gasteiger partial charge >= 0.3 is 6.18 Å². The number of thiophene rings is 1. The van der Waals surface area contributed by atoms with Gasteiger partial charge in [0.2, 0.25) is 5.91 Å². The molecule has 0 aliphatic rings. The molecule has 0 aliphatic carbocycles. The molecule has 2 heterocycles. The normalized spacial score (nSPS) is 12.9. The van der Waals surface area contributed by atoms with Crippen LogP contribution in [0.25, 0.3) is 10.6 Å². The highest BCUT2D eigenvalue weighted by Gasteiger charge is 2.28. The summed E-state index contributed by atoms with van der Waals surface area (Å²) in [4.78, 5) is 24.3. The third-order valence-electron chi connectivity index (χ3n) is 3.00. The van der Waals surface area contributed by atoms with Crippen LogP contribution in [0.4, 0.5) is 13.2 Å². The molecule has 0 fully saturated rings. The zero-order valence-corrected chi connectivity index (χ0v) is 12.9. The van der Waals surface area contributed by atoms with Crippen LogP contribution in [0.15, 0.2) is 34.4 Å². The first-order chi connectivity index (χ1) is 10.8. The highest BCUT2D eigenvalue weighted by molar-refractivity contribution is 7.13. The summed E-state index contributed by atoms with van der Waals surface area (Å²) in [5.74, 6) is -1.60. The Hall–Kier alpha value is -2.16. The summed E-state index contributed by atoms with van der Waals surface area (Å²) in [6.45, 7) is -0.0485. The number of carbonyl (C=O) groups is 1. The second-order valence-corrected chi connectivity index (χ2v) is 5.90. The lowest BCUT2D eigenvalue weighted by molar-refractivity contribution is -0.140. The van der Waals surface area contributed by atoms with Crippen LogP contribution in [0.1, 0.15) is 6.92 Å². The Morgan fingerprint density at radius 2 is 2.13 bits per heavy atom. The number of carbonyl (C=O) groups excluding carboxylic acids is 1. The molecule has 5 nitrogen and oxygen atoms in total. The summed E-state index contributed by atoms with van der Waals surface area (Å²) < 4.78 is 37.4. The van der Waals surface area contributed by atoms with Crippen molar-refractivity contribution in [3.63, 3.8) is 0 Å². The average Bonchev–Trinajstić information content (AvgIpc) is 3.00. The molecule has 9 heteroatoms. The number of halogens is 3. The molecule has 0 aromatic carbocycles. The maximum Gasteiger partial charge on any atom is 0.405 e. The molecule has 0 radical (unpaired) electrons. The summed E-state index contributed by atoms with van der Waals surface area (Å²) in [6, 6.07) is 6.56. The van der Waals surface area contributed by atoms with E-state index in [0.717, 1.165) is 9.56 Å². The third kappa shape index (κ3) is 4.92. The minimum Gasteiger partial charge on any atom is -0.347 e. The van der Waals surface area contributed by atoms with E-state index >= 15 is 0 Å². The Morgan fingerprint density at radius 3 is 2.74 bits per heavy atom. The maximum absolute atomic E-state index is 12.1. The molecular formula is C14H14F3N3O2S. The van der Waals surface area contributed by atoms with Crippen molar-refractivity contribution < 1.29 is 18.0 Å². The number of aromatic nitrogens is 2. The van der Waals surface area contributed by atoms with Crippen molar-refractivity contribution in [1.82, 2.24) is 15.1 Å². The Balaban J connectivity index is 2.08. The van der Waals surface area contributed by atoms with Gasteiger partial charge in [0.15, 0.2) is 0 Å². The van der Waals surface area contributed by atoms with Gasteiger partial charge in [0.05, 0.1) is 17.3 Å². The van der Waals surface area contributed by atoms with Crippen LogP contribution < -0.4 is 10.9 Å². The molecule has 124 valence electrons. The highest BCUT2D eigenvalue weighted by Crippen LogP contribution is 2.21. The Morgan fingerprint density at radius 1 is 1.39 bits per heavy atom. The number of hydrogen-bond acceptors (Lipinski definition) is 4. The van der Waals surface area contributed by atoms with E-state index in [4.69, 9.17) is 0 Å². The van der Waals surface area contributed by atoms with Crippen molar-refractivity contribution in [2.45, 2.75) is 19.6 Å². The highest BCUT2D eigenvalue weighted by atomic mass is 32.1. The van der Waals surface area contributed by atoms with Crippen LogP contribution in [-0.4, -0.2) is 28.4 Å². The fourth-order valence-corrected chi connectivity index (χ4v) is 2.53. The predicted octanol–water partition coefficient (Wildman–Crippen LogP) is 2.29. The van der Waals surface area contributed by atoms with E-state index in [1.807, 2.05) is 17.5 Å². The number of amides is 1. The molecule has 2 aromatic rings. The minimum atomic E-state index is -4.47. The van der Waals surface area contributed by atoms with Crippen LogP contribution in [0, 0.1) is 5.92 Å². The molecule has 2 rings (SSSR count). The second kappa shape index (κ2) is 6.95. The van der Waals surface area contributed by atoms with Crippen molar-refractivity contribution in [3.8, 4) is 10.6 Å². The van der Waals surface area contributed by atoms with E-state index in [1.54, 1.807) is 11.4 Å².